The van der Waals surface area contributed by atoms with Crippen molar-refractivity contribution < 1.29 is 4.74 Å². The molecule has 6 heteroatoms. The monoisotopic (exact) mass is 306 g/mol. The van der Waals surface area contributed by atoms with E-state index in [2.05, 4.69) is 20.2 Å². The van der Waals surface area contributed by atoms with Gasteiger partial charge in [0.2, 0.25) is 0 Å². The Hall–Kier alpha value is -1.72. The number of hydrogen-bond donors (Lipinski definition) is 2. The number of halogens is 1. The van der Waals surface area contributed by atoms with Gasteiger partial charge in [-0.05, 0) is 24.6 Å². The number of hydrogen-bond acceptors (Lipinski definition) is 4. The lowest BCUT2D eigenvalue weighted by Gasteiger charge is -2.21. The normalized spacial score (nSPS) is 18.2. The molecule has 112 valence electrons. The van der Waals surface area contributed by atoms with Gasteiger partial charge in [0.1, 0.15) is 11.6 Å². The fraction of sp³-hybridized carbons (Fsp3) is 0.400. The maximum Gasteiger partial charge on any atom is 0.142 e. The van der Waals surface area contributed by atoms with Gasteiger partial charge >= 0.3 is 0 Å². The van der Waals surface area contributed by atoms with E-state index in [0.29, 0.717) is 6.04 Å². The first-order valence-electron chi connectivity index (χ1n) is 7.06. The number of imidazole rings is 1. The number of H-pyrrole nitrogens is 1. The van der Waals surface area contributed by atoms with Crippen LogP contribution in [0.3, 0.4) is 0 Å². The molecule has 1 aromatic heterocycles. The first-order chi connectivity index (χ1) is 10.3. The first-order valence-corrected chi connectivity index (χ1v) is 7.44. The Balaban J connectivity index is 1.62. The van der Waals surface area contributed by atoms with Gasteiger partial charge in [-0.3, -0.25) is 0 Å². The predicted molar refractivity (Wildman–Crippen MR) is 84.0 cm³/mol. The molecule has 1 atom stereocenters. The molecule has 0 aliphatic carbocycles. The number of nitrogens with zero attached hydrogens (tertiary/aromatic N) is 2. The largest absolute Gasteiger partial charge is 0.495 e. The van der Waals surface area contributed by atoms with Crippen LogP contribution in [0.5, 0.6) is 5.75 Å². The van der Waals surface area contributed by atoms with Gasteiger partial charge < -0.3 is 19.9 Å². The minimum atomic E-state index is 0.443. The molecule has 1 aliphatic rings. The average molecular weight is 307 g/mol. The van der Waals surface area contributed by atoms with Crippen molar-refractivity contribution in [3.05, 3.63) is 41.4 Å². The second-order valence-corrected chi connectivity index (χ2v) is 5.60. The molecule has 1 saturated heterocycles. The Morgan fingerprint density at radius 1 is 1.52 bits per heavy atom. The van der Waals surface area contributed by atoms with Gasteiger partial charge in [0.25, 0.3) is 0 Å². The Morgan fingerprint density at radius 2 is 2.43 bits per heavy atom. The van der Waals surface area contributed by atoms with Crippen molar-refractivity contribution in [3.8, 4) is 5.75 Å². The number of nitrogens with one attached hydrogen (secondary N) is 2. The van der Waals surface area contributed by atoms with Crippen molar-refractivity contribution in [3.63, 3.8) is 0 Å². The zero-order valence-electron chi connectivity index (χ0n) is 12.0. The highest BCUT2D eigenvalue weighted by molar-refractivity contribution is 6.30. The van der Waals surface area contributed by atoms with Crippen molar-refractivity contribution in [1.82, 2.24) is 15.3 Å². The van der Waals surface area contributed by atoms with Crippen LogP contribution in [0.25, 0.3) is 0 Å². The number of methoxy groups -OCH3 is 1. The predicted octanol–water partition coefficient (Wildman–Crippen LogP) is 2.44. The molecule has 2 aromatic rings. The smallest absolute Gasteiger partial charge is 0.142 e. The third-order valence-electron chi connectivity index (χ3n) is 3.78. The number of aromatic nitrogens is 2. The van der Waals surface area contributed by atoms with Crippen LogP contribution < -0.4 is 15.0 Å². The van der Waals surface area contributed by atoms with Gasteiger partial charge in [-0.15, -0.1) is 0 Å². The standard InChI is InChI=1S/C15H19ClN4O/c1-21-14-3-2-11(16)8-13(14)20-7-4-12(10-20)19-9-15-17-5-6-18-15/h2-3,5-6,8,12,19H,4,7,9-10H2,1H3,(H,17,18)/t12-/m1/s1. The van der Waals surface area contributed by atoms with E-state index in [4.69, 9.17) is 16.3 Å². The molecule has 1 aromatic carbocycles. The number of benzene rings is 1. The van der Waals surface area contributed by atoms with Crippen LogP contribution >= 0.6 is 11.6 Å². The lowest BCUT2D eigenvalue weighted by Crippen LogP contribution is -2.32. The second-order valence-electron chi connectivity index (χ2n) is 5.16. The van der Waals surface area contributed by atoms with Crippen LogP contribution in [-0.4, -0.2) is 36.2 Å². The highest BCUT2D eigenvalue weighted by atomic mass is 35.5. The van der Waals surface area contributed by atoms with E-state index in [9.17, 15) is 0 Å². The summed E-state index contributed by atoms with van der Waals surface area (Å²) in [6, 6.07) is 6.18. The molecule has 1 fully saturated rings. The van der Waals surface area contributed by atoms with E-state index < -0.39 is 0 Å². The summed E-state index contributed by atoms with van der Waals surface area (Å²) in [5.41, 5.74) is 1.06. The quantitative estimate of drug-likeness (QED) is 0.891. The molecule has 21 heavy (non-hydrogen) atoms. The fourth-order valence-corrected chi connectivity index (χ4v) is 2.86. The molecule has 3 rings (SSSR count). The van der Waals surface area contributed by atoms with Crippen LogP contribution in [0.4, 0.5) is 5.69 Å². The van der Waals surface area contributed by atoms with E-state index in [1.54, 1.807) is 13.3 Å². The third-order valence-corrected chi connectivity index (χ3v) is 4.02. The number of ether oxygens (including phenoxy) is 1. The number of aromatic amines is 1. The summed E-state index contributed by atoms with van der Waals surface area (Å²) in [6.07, 6.45) is 4.71. The van der Waals surface area contributed by atoms with Gasteiger partial charge in [0, 0.05) is 36.5 Å². The topological polar surface area (TPSA) is 53.2 Å². The van der Waals surface area contributed by atoms with Crippen molar-refractivity contribution >= 4 is 17.3 Å². The molecular weight excluding hydrogens is 288 g/mol. The highest BCUT2D eigenvalue weighted by Gasteiger charge is 2.24. The van der Waals surface area contributed by atoms with E-state index >= 15 is 0 Å². The lowest BCUT2D eigenvalue weighted by molar-refractivity contribution is 0.414. The van der Waals surface area contributed by atoms with E-state index in [-0.39, 0.29) is 0 Å². The maximum atomic E-state index is 6.11. The molecule has 0 unspecified atom stereocenters. The summed E-state index contributed by atoms with van der Waals surface area (Å²) < 4.78 is 5.43. The minimum absolute atomic E-state index is 0.443. The summed E-state index contributed by atoms with van der Waals surface area (Å²) >= 11 is 6.11. The summed E-state index contributed by atoms with van der Waals surface area (Å²) in [7, 11) is 1.69. The highest BCUT2D eigenvalue weighted by Crippen LogP contribution is 2.33. The average Bonchev–Trinajstić information content (AvgIpc) is 3.16. The SMILES string of the molecule is COc1ccc(Cl)cc1N1CC[C@@H](NCc2ncc[nH]2)C1. The van der Waals surface area contributed by atoms with Gasteiger partial charge in [-0.1, -0.05) is 11.6 Å². The van der Waals surface area contributed by atoms with Gasteiger partial charge in [-0.2, -0.15) is 0 Å². The van der Waals surface area contributed by atoms with Crippen molar-refractivity contribution in [2.24, 2.45) is 0 Å². The molecular formula is C15H19ClN4O. The van der Waals surface area contributed by atoms with Crippen LogP contribution in [0, 0.1) is 0 Å². The van der Waals surface area contributed by atoms with Crippen LogP contribution in [0.15, 0.2) is 30.6 Å². The summed E-state index contributed by atoms with van der Waals surface area (Å²) in [5, 5.41) is 4.26. The van der Waals surface area contributed by atoms with Crippen LogP contribution in [0.1, 0.15) is 12.2 Å². The molecule has 1 aliphatic heterocycles. The first kappa shape index (κ1) is 14.2. The molecule has 0 spiro atoms. The number of anilines is 1. The zero-order chi connectivity index (χ0) is 14.7. The molecule has 2 heterocycles. The van der Waals surface area contributed by atoms with Gasteiger partial charge in [-0.25, -0.2) is 4.98 Å². The van der Waals surface area contributed by atoms with E-state index in [0.717, 1.165) is 48.3 Å². The number of rotatable bonds is 5. The van der Waals surface area contributed by atoms with Gasteiger partial charge in [0.05, 0.1) is 19.3 Å². The Kier molecular flexibility index (Phi) is 4.31. The van der Waals surface area contributed by atoms with E-state index in [1.165, 1.54) is 0 Å². The van der Waals surface area contributed by atoms with Gasteiger partial charge in [0.15, 0.2) is 0 Å². The third kappa shape index (κ3) is 3.31. The Morgan fingerprint density at radius 3 is 3.19 bits per heavy atom. The molecule has 0 saturated carbocycles. The van der Waals surface area contributed by atoms with Crippen molar-refractivity contribution in [1.29, 1.82) is 0 Å². The second kappa shape index (κ2) is 6.37. The lowest BCUT2D eigenvalue weighted by atomic mass is 10.2. The maximum absolute atomic E-state index is 6.11. The van der Waals surface area contributed by atoms with Crippen LogP contribution in [-0.2, 0) is 6.54 Å². The summed E-state index contributed by atoms with van der Waals surface area (Å²) in [6.45, 7) is 2.70. The fourth-order valence-electron chi connectivity index (χ4n) is 2.69. The van der Waals surface area contributed by atoms with Crippen LogP contribution in [0.2, 0.25) is 5.02 Å². The van der Waals surface area contributed by atoms with Crippen molar-refractivity contribution in [2.75, 3.05) is 25.1 Å². The summed E-state index contributed by atoms with van der Waals surface area (Å²) in [4.78, 5) is 9.64. The molecule has 0 bridgehead atoms. The van der Waals surface area contributed by atoms with E-state index in [1.807, 2.05) is 24.4 Å². The molecule has 0 amide bonds. The Labute approximate surface area is 129 Å². The molecule has 0 radical (unpaired) electrons. The van der Waals surface area contributed by atoms with Crippen molar-refractivity contribution in [2.45, 2.75) is 19.0 Å². The zero-order valence-corrected chi connectivity index (χ0v) is 12.7. The Bertz CT molecular complexity index is 587. The minimum Gasteiger partial charge on any atom is -0.495 e. The molecule has 2 N–H and O–H groups in total. The summed E-state index contributed by atoms with van der Waals surface area (Å²) in [5.74, 6) is 1.83. The molecule has 5 nitrogen and oxygen atoms in total.